The van der Waals surface area contributed by atoms with E-state index in [1.807, 2.05) is 29.3 Å². The van der Waals surface area contributed by atoms with Crippen molar-refractivity contribution in [2.75, 3.05) is 23.9 Å². The third kappa shape index (κ3) is 5.39. The van der Waals surface area contributed by atoms with Crippen molar-refractivity contribution in [3.63, 3.8) is 0 Å². The monoisotopic (exact) mass is 451 g/mol. The Labute approximate surface area is 182 Å². The molecule has 2 aromatic rings. The van der Waals surface area contributed by atoms with Gasteiger partial charge in [0.2, 0.25) is 0 Å². The summed E-state index contributed by atoms with van der Waals surface area (Å²) in [4.78, 5) is 1.51. The normalized spacial score (nSPS) is 16.6. The van der Waals surface area contributed by atoms with Crippen LogP contribution in [0.15, 0.2) is 58.5 Å². The van der Waals surface area contributed by atoms with Gasteiger partial charge in [0.1, 0.15) is 12.5 Å². The summed E-state index contributed by atoms with van der Waals surface area (Å²) in [5.74, 6) is -0.204. The van der Waals surface area contributed by atoms with Crippen LogP contribution in [0.25, 0.3) is 0 Å². The number of benzene rings is 2. The summed E-state index contributed by atoms with van der Waals surface area (Å²) >= 11 is 5.94. The molecule has 0 aliphatic carbocycles. The van der Waals surface area contributed by atoms with E-state index in [1.165, 1.54) is 18.7 Å². The number of sulfone groups is 1. The molecule has 0 saturated heterocycles. The fourth-order valence-corrected chi connectivity index (χ4v) is 4.71. The summed E-state index contributed by atoms with van der Waals surface area (Å²) in [6.07, 6.45) is -1.09. The molecule has 0 saturated carbocycles. The van der Waals surface area contributed by atoms with E-state index in [0.29, 0.717) is 11.6 Å². The van der Waals surface area contributed by atoms with Gasteiger partial charge >= 0.3 is 0 Å². The molecular weight excluding hydrogens is 426 g/mol. The second-order valence-electron chi connectivity index (χ2n) is 7.24. The predicted octanol–water partition coefficient (Wildman–Crippen LogP) is 2.71. The molecule has 0 radical (unpaired) electrons. The van der Waals surface area contributed by atoms with Crippen LogP contribution in [0.3, 0.4) is 0 Å². The van der Waals surface area contributed by atoms with Crippen molar-refractivity contribution in [1.82, 2.24) is 4.90 Å². The molecule has 162 valence electrons. The average molecular weight is 452 g/mol. The number of rotatable bonds is 8. The average Bonchev–Trinajstić information content (AvgIpc) is 3.18. The zero-order valence-corrected chi connectivity index (χ0v) is 18.5. The fraction of sp³-hybridized carbons (Fsp3) is 0.381. The Morgan fingerprint density at radius 3 is 2.23 bits per heavy atom. The van der Waals surface area contributed by atoms with Gasteiger partial charge in [-0.15, -0.1) is 0 Å². The third-order valence-electron chi connectivity index (χ3n) is 5.05. The van der Waals surface area contributed by atoms with Crippen molar-refractivity contribution in [2.24, 2.45) is 5.10 Å². The fourth-order valence-electron chi connectivity index (χ4n) is 3.34. The minimum absolute atomic E-state index is 0.0281. The molecule has 3 rings (SSSR count). The molecule has 1 heterocycles. The Kier molecular flexibility index (Phi) is 7.15. The molecule has 1 aliphatic heterocycles. The Morgan fingerprint density at radius 2 is 1.67 bits per heavy atom. The molecule has 1 aliphatic rings. The van der Waals surface area contributed by atoms with Crippen LogP contribution < -0.4 is 5.01 Å². The highest BCUT2D eigenvalue weighted by Crippen LogP contribution is 2.24. The van der Waals surface area contributed by atoms with Gasteiger partial charge < -0.3 is 10.2 Å². The molecular formula is C21H26ClN3O4S. The van der Waals surface area contributed by atoms with Crippen molar-refractivity contribution in [1.29, 1.82) is 0 Å². The molecule has 7 nitrogen and oxygen atoms in total. The number of hydrazone groups is 1. The van der Waals surface area contributed by atoms with Crippen LogP contribution in [0.4, 0.5) is 5.69 Å². The standard InChI is InChI=1S/C21H26ClN3O4S/c1-15(26)24(16(2)27)13-14-30(28,29)20-9-7-19(8-10-20)25-12-11-21(23-25)17-3-5-18(22)6-4-17/h3-10,15-16,26-27H,11-14H2,1-2H3. The van der Waals surface area contributed by atoms with Gasteiger partial charge in [0.15, 0.2) is 9.84 Å². The van der Waals surface area contributed by atoms with Crippen molar-refractivity contribution >= 4 is 32.8 Å². The summed E-state index contributed by atoms with van der Waals surface area (Å²) in [5.41, 5.74) is 2.79. The first-order chi connectivity index (χ1) is 14.2. The Balaban J connectivity index is 1.69. The molecule has 2 N–H and O–H groups in total. The maximum absolute atomic E-state index is 12.6. The number of anilines is 1. The maximum Gasteiger partial charge on any atom is 0.179 e. The largest absolute Gasteiger partial charge is 0.379 e. The van der Waals surface area contributed by atoms with E-state index in [2.05, 4.69) is 5.10 Å². The lowest BCUT2D eigenvalue weighted by atomic mass is 10.1. The lowest BCUT2D eigenvalue weighted by Gasteiger charge is -2.27. The van der Waals surface area contributed by atoms with Crippen molar-refractivity contribution in [3.05, 3.63) is 59.1 Å². The van der Waals surface area contributed by atoms with Crippen molar-refractivity contribution in [3.8, 4) is 0 Å². The number of nitrogens with zero attached hydrogens (tertiary/aromatic N) is 3. The van der Waals surface area contributed by atoms with E-state index in [4.69, 9.17) is 11.6 Å². The molecule has 2 unspecified atom stereocenters. The molecule has 0 aromatic heterocycles. The van der Waals surface area contributed by atoms with Crippen LogP contribution in [-0.2, 0) is 9.84 Å². The lowest BCUT2D eigenvalue weighted by Crippen LogP contribution is -2.42. The van der Waals surface area contributed by atoms with Crippen LogP contribution in [0.2, 0.25) is 5.02 Å². The first-order valence-corrected chi connectivity index (χ1v) is 11.8. The third-order valence-corrected chi connectivity index (χ3v) is 7.01. The summed E-state index contributed by atoms with van der Waals surface area (Å²) in [5, 5.41) is 26.5. The van der Waals surface area contributed by atoms with Gasteiger partial charge in [-0.25, -0.2) is 8.42 Å². The number of halogens is 1. The second-order valence-corrected chi connectivity index (χ2v) is 9.79. The summed E-state index contributed by atoms with van der Waals surface area (Å²) in [6.45, 7) is 3.72. The molecule has 0 fully saturated rings. The quantitative estimate of drug-likeness (QED) is 0.599. The first kappa shape index (κ1) is 22.7. The van der Waals surface area contributed by atoms with Crippen molar-refractivity contribution in [2.45, 2.75) is 37.6 Å². The van der Waals surface area contributed by atoms with E-state index < -0.39 is 22.3 Å². The van der Waals surface area contributed by atoms with Crippen LogP contribution in [0, 0.1) is 0 Å². The topological polar surface area (TPSA) is 93.4 Å². The van der Waals surface area contributed by atoms with E-state index >= 15 is 0 Å². The second kappa shape index (κ2) is 9.45. The molecule has 0 amide bonds. The molecule has 30 heavy (non-hydrogen) atoms. The SMILES string of the molecule is CC(O)N(CCS(=O)(=O)c1ccc(N2CCC(c3ccc(Cl)cc3)=N2)cc1)C(C)O. The first-order valence-electron chi connectivity index (χ1n) is 9.73. The minimum Gasteiger partial charge on any atom is -0.379 e. The van der Waals surface area contributed by atoms with Crippen LogP contribution in [-0.4, -0.2) is 60.5 Å². The van der Waals surface area contributed by atoms with Gasteiger partial charge in [0, 0.05) is 24.5 Å². The molecule has 2 atom stereocenters. The zero-order valence-electron chi connectivity index (χ0n) is 16.9. The van der Waals surface area contributed by atoms with Crippen LogP contribution in [0.1, 0.15) is 25.8 Å². The van der Waals surface area contributed by atoms with Crippen molar-refractivity contribution < 1.29 is 18.6 Å². The molecule has 2 aromatic carbocycles. The number of hydrogen-bond acceptors (Lipinski definition) is 7. The Morgan fingerprint density at radius 1 is 1.07 bits per heavy atom. The van der Waals surface area contributed by atoms with E-state index in [9.17, 15) is 18.6 Å². The van der Waals surface area contributed by atoms with Gasteiger partial charge in [-0.1, -0.05) is 23.7 Å². The summed E-state index contributed by atoms with van der Waals surface area (Å²) in [7, 11) is -3.55. The Hall–Kier alpha value is -1.97. The van der Waals surface area contributed by atoms with Gasteiger partial charge in [-0.2, -0.15) is 5.10 Å². The number of aliphatic hydroxyl groups excluding tert-OH is 2. The molecule has 9 heteroatoms. The Bertz CT molecular complexity index is 982. The zero-order chi connectivity index (χ0) is 21.9. The predicted molar refractivity (Wildman–Crippen MR) is 119 cm³/mol. The maximum atomic E-state index is 12.6. The number of aliphatic hydroxyl groups is 2. The highest BCUT2D eigenvalue weighted by atomic mass is 35.5. The van der Waals surface area contributed by atoms with Crippen LogP contribution in [0.5, 0.6) is 0 Å². The lowest BCUT2D eigenvalue weighted by molar-refractivity contribution is -0.0801. The highest BCUT2D eigenvalue weighted by molar-refractivity contribution is 7.91. The minimum atomic E-state index is -3.55. The van der Waals surface area contributed by atoms with Gasteiger partial charge in [-0.05, 0) is 55.8 Å². The van der Waals surface area contributed by atoms with Gasteiger partial charge in [-0.3, -0.25) is 9.91 Å². The smallest absolute Gasteiger partial charge is 0.179 e. The molecule has 0 bridgehead atoms. The number of hydrogen-bond donors (Lipinski definition) is 2. The molecule has 0 spiro atoms. The van der Waals surface area contributed by atoms with Crippen LogP contribution >= 0.6 is 11.6 Å². The van der Waals surface area contributed by atoms with E-state index in [0.717, 1.165) is 23.4 Å². The van der Waals surface area contributed by atoms with E-state index in [1.54, 1.807) is 24.3 Å². The van der Waals surface area contributed by atoms with Gasteiger partial charge in [0.05, 0.1) is 22.0 Å². The van der Waals surface area contributed by atoms with Gasteiger partial charge in [0.25, 0.3) is 0 Å². The van der Waals surface area contributed by atoms with E-state index in [-0.39, 0.29) is 17.2 Å². The summed E-state index contributed by atoms with van der Waals surface area (Å²) < 4.78 is 25.3. The summed E-state index contributed by atoms with van der Waals surface area (Å²) in [6, 6.07) is 14.1. The highest BCUT2D eigenvalue weighted by Gasteiger charge is 2.22.